The lowest BCUT2D eigenvalue weighted by Gasteiger charge is -2.30. The molecule has 1 saturated heterocycles. The molecule has 0 spiro atoms. The first kappa shape index (κ1) is 14.5. The highest BCUT2D eigenvalue weighted by molar-refractivity contribution is 7.12. The van der Waals surface area contributed by atoms with Crippen LogP contribution in [0.1, 0.15) is 29.0 Å². The molecule has 1 aliphatic heterocycles. The molecular formula is C15H21NO2S. The average Bonchev–Trinajstić information content (AvgIpc) is 2.88. The number of ether oxygens (including phenoxy) is 1. The number of methoxy groups -OCH3 is 1. The van der Waals surface area contributed by atoms with E-state index < -0.39 is 0 Å². The predicted molar refractivity (Wildman–Crippen MR) is 78.2 cm³/mol. The quantitative estimate of drug-likeness (QED) is 0.857. The van der Waals surface area contributed by atoms with Crippen LogP contribution in [0.25, 0.3) is 0 Å². The van der Waals surface area contributed by atoms with Crippen LogP contribution in [0, 0.1) is 11.8 Å². The van der Waals surface area contributed by atoms with Crippen molar-refractivity contribution in [3.05, 3.63) is 21.9 Å². The SMILES string of the molecule is COC1CCN(Cc2ccc(C#CCCO)s2)CC1. The summed E-state index contributed by atoms with van der Waals surface area (Å²) in [6.07, 6.45) is 3.26. The Bertz CT molecular complexity index is 438. The zero-order valence-corrected chi connectivity index (χ0v) is 12.2. The molecule has 0 bridgehead atoms. The van der Waals surface area contributed by atoms with Crippen molar-refractivity contribution in [1.29, 1.82) is 0 Å². The van der Waals surface area contributed by atoms with Gasteiger partial charge in [0.1, 0.15) is 0 Å². The molecule has 0 radical (unpaired) electrons. The molecule has 19 heavy (non-hydrogen) atoms. The lowest BCUT2D eigenvalue weighted by molar-refractivity contribution is 0.0391. The first-order chi connectivity index (χ1) is 9.31. The van der Waals surface area contributed by atoms with Gasteiger partial charge in [-0.1, -0.05) is 11.8 Å². The number of hydrogen-bond donors (Lipinski definition) is 1. The van der Waals surface area contributed by atoms with E-state index in [1.165, 1.54) is 4.88 Å². The van der Waals surface area contributed by atoms with Crippen molar-refractivity contribution in [3.8, 4) is 11.8 Å². The Morgan fingerprint density at radius 2 is 2.21 bits per heavy atom. The van der Waals surface area contributed by atoms with Crippen LogP contribution in [0.2, 0.25) is 0 Å². The predicted octanol–water partition coefficient (Wildman–Crippen LogP) is 2.09. The zero-order valence-electron chi connectivity index (χ0n) is 11.4. The highest BCUT2D eigenvalue weighted by atomic mass is 32.1. The molecule has 0 aromatic carbocycles. The van der Waals surface area contributed by atoms with Crippen molar-refractivity contribution in [2.24, 2.45) is 0 Å². The maximum absolute atomic E-state index is 8.69. The minimum absolute atomic E-state index is 0.139. The van der Waals surface area contributed by atoms with Gasteiger partial charge in [0.05, 0.1) is 17.6 Å². The number of aliphatic hydroxyl groups excluding tert-OH is 1. The fourth-order valence-electron chi connectivity index (χ4n) is 2.26. The van der Waals surface area contributed by atoms with E-state index in [-0.39, 0.29) is 6.61 Å². The Kier molecular flexibility index (Phi) is 5.87. The van der Waals surface area contributed by atoms with Gasteiger partial charge in [0, 0.05) is 38.0 Å². The molecular weight excluding hydrogens is 258 g/mol. The molecule has 104 valence electrons. The highest BCUT2D eigenvalue weighted by Gasteiger charge is 2.18. The fourth-order valence-corrected chi connectivity index (χ4v) is 3.18. The number of piperidine rings is 1. The molecule has 4 heteroatoms. The molecule has 1 aliphatic rings. The van der Waals surface area contributed by atoms with E-state index >= 15 is 0 Å². The first-order valence-electron chi connectivity index (χ1n) is 6.75. The number of likely N-dealkylation sites (tertiary alicyclic amines) is 1. The number of thiophene rings is 1. The van der Waals surface area contributed by atoms with Crippen LogP contribution in [0.4, 0.5) is 0 Å². The fraction of sp³-hybridized carbons (Fsp3) is 0.600. The van der Waals surface area contributed by atoms with E-state index in [4.69, 9.17) is 9.84 Å². The third kappa shape index (κ3) is 4.63. The van der Waals surface area contributed by atoms with Gasteiger partial charge in [-0.2, -0.15) is 0 Å². The van der Waals surface area contributed by atoms with Crippen molar-refractivity contribution in [2.45, 2.75) is 31.9 Å². The highest BCUT2D eigenvalue weighted by Crippen LogP contribution is 2.20. The van der Waals surface area contributed by atoms with Gasteiger partial charge in [-0.15, -0.1) is 11.3 Å². The average molecular weight is 279 g/mol. The minimum atomic E-state index is 0.139. The Morgan fingerprint density at radius 3 is 2.89 bits per heavy atom. The van der Waals surface area contributed by atoms with Gasteiger partial charge in [0.2, 0.25) is 0 Å². The van der Waals surface area contributed by atoms with Crippen molar-refractivity contribution < 1.29 is 9.84 Å². The molecule has 1 fully saturated rings. The number of nitrogens with zero attached hydrogens (tertiary/aromatic N) is 1. The summed E-state index contributed by atoms with van der Waals surface area (Å²) in [4.78, 5) is 4.94. The first-order valence-corrected chi connectivity index (χ1v) is 7.57. The Labute approximate surface area is 119 Å². The van der Waals surface area contributed by atoms with E-state index in [9.17, 15) is 0 Å². The summed E-state index contributed by atoms with van der Waals surface area (Å²) >= 11 is 1.76. The molecule has 0 atom stereocenters. The Morgan fingerprint density at radius 1 is 1.42 bits per heavy atom. The molecule has 0 saturated carbocycles. The van der Waals surface area contributed by atoms with E-state index in [2.05, 4.69) is 28.9 Å². The second-order valence-electron chi connectivity index (χ2n) is 4.75. The molecule has 1 aromatic rings. The number of rotatable bonds is 4. The summed E-state index contributed by atoms with van der Waals surface area (Å²) in [5.74, 6) is 6.05. The summed E-state index contributed by atoms with van der Waals surface area (Å²) in [7, 11) is 1.80. The zero-order chi connectivity index (χ0) is 13.5. The second-order valence-corrected chi connectivity index (χ2v) is 5.92. The largest absolute Gasteiger partial charge is 0.395 e. The molecule has 1 aromatic heterocycles. The normalized spacial score (nSPS) is 17.2. The Hall–Kier alpha value is -0.860. The van der Waals surface area contributed by atoms with Crippen LogP contribution in [-0.4, -0.2) is 42.9 Å². The molecule has 0 unspecified atom stereocenters. The van der Waals surface area contributed by atoms with Gasteiger partial charge in [0.15, 0.2) is 0 Å². The second kappa shape index (κ2) is 7.66. The molecule has 1 N–H and O–H groups in total. The summed E-state index contributed by atoms with van der Waals surface area (Å²) < 4.78 is 5.39. The van der Waals surface area contributed by atoms with Crippen LogP contribution < -0.4 is 0 Å². The lowest BCUT2D eigenvalue weighted by Crippen LogP contribution is -2.35. The van der Waals surface area contributed by atoms with Gasteiger partial charge in [-0.05, 0) is 25.0 Å². The van der Waals surface area contributed by atoms with Crippen LogP contribution in [0.15, 0.2) is 12.1 Å². The molecule has 2 rings (SSSR count). The van der Waals surface area contributed by atoms with Gasteiger partial charge < -0.3 is 9.84 Å². The van der Waals surface area contributed by atoms with E-state index in [0.29, 0.717) is 12.5 Å². The van der Waals surface area contributed by atoms with E-state index in [0.717, 1.165) is 37.4 Å². The van der Waals surface area contributed by atoms with Crippen molar-refractivity contribution in [2.75, 3.05) is 26.8 Å². The van der Waals surface area contributed by atoms with Crippen molar-refractivity contribution >= 4 is 11.3 Å². The topological polar surface area (TPSA) is 32.7 Å². The van der Waals surface area contributed by atoms with Crippen LogP contribution >= 0.6 is 11.3 Å². The van der Waals surface area contributed by atoms with Crippen LogP contribution in [0.5, 0.6) is 0 Å². The van der Waals surface area contributed by atoms with Gasteiger partial charge in [0.25, 0.3) is 0 Å². The number of aliphatic hydroxyl groups is 1. The van der Waals surface area contributed by atoms with Crippen LogP contribution in [0.3, 0.4) is 0 Å². The van der Waals surface area contributed by atoms with Crippen molar-refractivity contribution in [1.82, 2.24) is 4.90 Å². The monoisotopic (exact) mass is 279 g/mol. The van der Waals surface area contributed by atoms with E-state index in [1.54, 1.807) is 18.4 Å². The lowest BCUT2D eigenvalue weighted by atomic mass is 10.1. The molecule has 0 aliphatic carbocycles. The van der Waals surface area contributed by atoms with E-state index in [1.807, 2.05) is 0 Å². The smallest absolute Gasteiger partial charge is 0.0771 e. The van der Waals surface area contributed by atoms with Gasteiger partial charge >= 0.3 is 0 Å². The summed E-state index contributed by atoms with van der Waals surface area (Å²) in [6.45, 7) is 3.38. The van der Waals surface area contributed by atoms with Crippen molar-refractivity contribution in [3.63, 3.8) is 0 Å². The Balaban J connectivity index is 1.82. The summed E-state index contributed by atoms with van der Waals surface area (Å²) in [5.41, 5.74) is 0. The van der Waals surface area contributed by atoms with Gasteiger partial charge in [-0.3, -0.25) is 4.90 Å². The standard InChI is InChI=1S/C15H21NO2S/c1-18-13-7-9-16(10-8-13)12-15-6-5-14(19-15)4-2-3-11-17/h5-6,13,17H,3,7-12H2,1H3. The molecule has 2 heterocycles. The maximum Gasteiger partial charge on any atom is 0.0771 e. The molecule has 3 nitrogen and oxygen atoms in total. The summed E-state index contributed by atoms with van der Waals surface area (Å²) in [6, 6.07) is 4.24. The third-order valence-electron chi connectivity index (χ3n) is 3.36. The number of hydrogen-bond acceptors (Lipinski definition) is 4. The molecule has 0 amide bonds. The minimum Gasteiger partial charge on any atom is -0.395 e. The van der Waals surface area contributed by atoms with Crippen LogP contribution in [-0.2, 0) is 11.3 Å². The third-order valence-corrected chi connectivity index (χ3v) is 4.34. The van der Waals surface area contributed by atoms with Gasteiger partial charge in [-0.25, -0.2) is 0 Å². The maximum atomic E-state index is 8.69. The summed E-state index contributed by atoms with van der Waals surface area (Å²) in [5, 5.41) is 8.69.